The molecule has 96 valence electrons. The van der Waals surface area contributed by atoms with Crippen LogP contribution in [0.25, 0.3) is 0 Å². The minimum absolute atomic E-state index is 0.295. The van der Waals surface area contributed by atoms with Gasteiger partial charge in [0, 0.05) is 24.5 Å². The number of ether oxygens (including phenoxy) is 1. The molecule has 1 aromatic rings. The molecule has 1 aromatic heterocycles. The molecule has 4 nitrogen and oxygen atoms in total. The zero-order valence-corrected chi connectivity index (χ0v) is 11.4. The normalized spacial score (nSPS) is 20.9. The van der Waals surface area contributed by atoms with Gasteiger partial charge in [-0.15, -0.1) is 11.3 Å². The molecule has 2 heterocycles. The number of nitrogens with zero attached hydrogens (tertiary/aromatic N) is 2. The van der Waals surface area contributed by atoms with Gasteiger partial charge in [-0.05, 0) is 13.3 Å². The molecular weight excluding hydrogens is 234 g/mol. The second-order valence-electron chi connectivity index (χ2n) is 4.45. The molecule has 0 radical (unpaired) electrons. The fraction of sp³-hybridized carbons (Fsp3) is 0.750. The number of thiazole rings is 1. The van der Waals surface area contributed by atoms with Gasteiger partial charge >= 0.3 is 0 Å². The van der Waals surface area contributed by atoms with Crippen LogP contribution in [0, 0.1) is 0 Å². The molecule has 2 N–H and O–H groups in total. The highest BCUT2D eigenvalue weighted by molar-refractivity contribution is 7.15. The molecule has 1 atom stereocenters. The van der Waals surface area contributed by atoms with Gasteiger partial charge in [0.1, 0.15) is 0 Å². The molecule has 0 saturated carbocycles. The Bertz CT molecular complexity index is 367. The number of anilines is 1. The predicted octanol–water partition coefficient (Wildman–Crippen LogP) is 1.78. The smallest absolute Gasteiger partial charge is 0.185 e. The van der Waals surface area contributed by atoms with Crippen LogP contribution in [0.4, 0.5) is 5.13 Å². The number of hydrogen-bond donors (Lipinski definition) is 1. The lowest BCUT2D eigenvalue weighted by Gasteiger charge is -2.30. The summed E-state index contributed by atoms with van der Waals surface area (Å²) in [5.41, 5.74) is 6.97. The molecule has 0 spiro atoms. The van der Waals surface area contributed by atoms with E-state index in [1.165, 1.54) is 10.6 Å². The van der Waals surface area contributed by atoms with Gasteiger partial charge in [-0.3, -0.25) is 0 Å². The SMILES string of the molecule is CCCc1nc(N2CCOC(C)C2)sc1CN. The van der Waals surface area contributed by atoms with E-state index in [0.717, 1.165) is 37.7 Å². The van der Waals surface area contributed by atoms with Gasteiger partial charge in [-0.25, -0.2) is 4.98 Å². The van der Waals surface area contributed by atoms with E-state index in [1.807, 2.05) is 0 Å². The van der Waals surface area contributed by atoms with Crippen LogP contribution in [0.2, 0.25) is 0 Å². The van der Waals surface area contributed by atoms with Gasteiger partial charge in [0.05, 0.1) is 18.4 Å². The van der Waals surface area contributed by atoms with Gasteiger partial charge in [0.25, 0.3) is 0 Å². The van der Waals surface area contributed by atoms with Crippen molar-refractivity contribution in [2.75, 3.05) is 24.6 Å². The summed E-state index contributed by atoms with van der Waals surface area (Å²) in [6.07, 6.45) is 2.45. The van der Waals surface area contributed by atoms with Crippen LogP contribution in [0.3, 0.4) is 0 Å². The van der Waals surface area contributed by atoms with E-state index < -0.39 is 0 Å². The Kier molecular flexibility index (Phi) is 4.36. The summed E-state index contributed by atoms with van der Waals surface area (Å²) in [7, 11) is 0. The molecule has 5 heteroatoms. The number of aryl methyl sites for hydroxylation is 1. The molecule has 1 unspecified atom stereocenters. The second-order valence-corrected chi connectivity index (χ2v) is 5.51. The first-order chi connectivity index (χ1) is 8.24. The van der Waals surface area contributed by atoms with Gasteiger partial charge in [-0.1, -0.05) is 13.3 Å². The highest BCUT2D eigenvalue weighted by Crippen LogP contribution is 2.28. The van der Waals surface area contributed by atoms with E-state index in [1.54, 1.807) is 11.3 Å². The fourth-order valence-electron chi connectivity index (χ4n) is 2.09. The Balaban J connectivity index is 2.14. The quantitative estimate of drug-likeness (QED) is 0.891. The second kappa shape index (κ2) is 5.80. The van der Waals surface area contributed by atoms with Crippen molar-refractivity contribution in [3.05, 3.63) is 10.6 Å². The molecule has 0 aliphatic carbocycles. The average Bonchev–Trinajstić information content (AvgIpc) is 2.73. The lowest BCUT2D eigenvalue weighted by Crippen LogP contribution is -2.41. The summed E-state index contributed by atoms with van der Waals surface area (Å²) in [4.78, 5) is 8.29. The van der Waals surface area contributed by atoms with E-state index in [0.29, 0.717) is 12.6 Å². The lowest BCUT2D eigenvalue weighted by atomic mass is 10.2. The van der Waals surface area contributed by atoms with Crippen molar-refractivity contribution in [3.8, 4) is 0 Å². The van der Waals surface area contributed by atoms with Gasteiger partial charge in [-0.2, -0.15) is 0 Å². The predicted molar refractivity (Wildman–Crippen MR) is 71.6 cm³/mol. The van der Waals surface area contributed by atoms with Crippen LogP contribution >= 0.6 is 11.3 Å². The number of hydrogen-bond acceptors (Lipinski definition) is 5. The van der Waals surface area contributed by atoms with E-state index in [9.17, 15) is 0 Å². The molecular formula is C12H21N3OS. The Morgan fingerprint density at radius 3 is 3.06 bits per heavy atom. The maximum atomic E-state index is 5.78. The maximum Gasteiger partial charge on any atom is 0.185 e. The maximum absolute atomic E-state index is 5.78. The van der Waals surface area contributed by atoms with E-state index in [-0.39, 0.29) is 0 Å². The zero-order chi connectivity index (χ0) is 12.3. The van der Waals surface area contributed by atoms with Gasteiger partial charge < -0.3 is 15.4 Å². The third-order valence-electron chi connectivity index (χ3n) is 2.95. The Hall–Kier alpha value is -0.650. The Morgan fingerprint density at radius 2 is 2.41 bits per heavy atom. The summed E-state index contributed by atoms with van der Waals surface area (Å²) in [5.74, 6) is 0. The van der Waals surface area contributed by atoms with E-state index >= 15 is 0 Å². The zero-order valence-electron chi connectivity index (χ0n) is 10.6. The van der Waals surface area contributed by atoms with Crippen molar-refractivity contribution in [2.24, 2.45) is 5.73 Å². The Morgan fingerprint density at radius 1 is 1.59 bits per heavy atom. The first-order valence-electron chi connectivity index (χ1n) is 6.29. The van der Waals surface area contributed by atoms with Crippen LogP contribution < -0.4 is 10.6 Å². The summed E-state index contributed by atoms with van der Waals surface area (Å²) in [6.45, 7) is 7.55. The fourth-order valence-corrected chi connectivity index (χ4v) is 3.11. The summed E-state index contributed by atoms with van der Waals surface area (Å²) in [6, 6.07) is 0. The van der Waals surface area contributed by atoms with Gasteiger partial charge in [0.2, 0.25) is 0 Å². The van der Waals surface area contributed by atoms with E-state index in [4.69, 9.17) is 15.5 Å². The average molecular weight is 255 g/mol. The van der Waals surface area contributed by atoms with Crippen LogP contribution in [0.5, 0.6) is 0 Å². The van der Waals surface area contributed by atoms with Crippen molar-refractivity contribution < 1.29 is 4.74 Å². The molecule has 0 aromatic carbocycles. The minimum Gasteiger partial charge on any atom is -0.375 e. The standard InChI is InChI=1S/C12H21N3OS/c1-3-4-10-11(7-13)17-12(14-10)15-5-6-16-9(2)8-15/h9H,3-8,13H2,1-2H3. The third-order valence-corrected chi connectivity index (χ3v) is 4.13. The summed E-state index contributed by atoms with van der Waals surface area (Å²) >= 11 is 1.74. The van der Waals surface area contributed by atoms with Crippen LogP contribution in [0.15, 0.2) is 0 Å². The molecule has 2 rings (SSSR count). The highest BCUT2D eigenvalue weighted by Gasteiger charge is 2.21. The molecule has 1 aliphatic heterocycles. The van der Waals surface area contributed by atoms with Crippen molar-refractivity contribution in [1.82, 2.24) is 4.98 Å². The first kappa shape index (κ1) is 12.8. The molecule has 0 amide bonds. The third kappa shape index (κ3) is 2.97. The lowest BCUT2D eigenvalue weighted by molar-refractivity contribution is 0.0532. The number of nitrogens with two attached hydrogens (primary N) is 1. The van der Waals surface area contributed by atoms with Crippen molar-refractivity contribution >= 4 is 16.5 Å². The highest BCUT2D eigenvalue weighted by atomic mass is 32.1. The molecule has 1 fully saturated rings. The molecule has 1 saturated heterocycles. The topological polar surface area (TPSA) is 51.4 Å². The van der Waals surface area contributed by atoms with Crippen molar-refractivity contribution in [2.45, 2.75) is 39.3 Å². The van der Waals surface area contributed by atoms with Crippen LogP contribution in [-0.4, -0.2) is 30.8 Å². The van der Waals surface area contributed by atoms with Crippen molar-refractivity contribution in [3.63, 3.8) is 0 Å². The Labute approximate surface area is 107 Å². The first-order valence-corrected chi connectivity index (χ1v) is 7.11. The molecule has 1 aliphatic rings. The van der Waals surface area contributed by atoms with Crippen LogP contribution in [-0.2, 0) is 17.7 Å². The number of aromatic nitrogens is 1. The largest absolute Gasteiger partial charge is 0.375 e. The molecule has 0 bridgehead atoms. The summed E-state index contributed by atoms with van der Waals surface area (Å²) < 4.78 is 5.55. The van der Waals surface area contributed by atoms with Crippen LogP contribution in [0.1, 0.15) is 30.8 Å². The number of morpholine rings is 1. The monoisotopic (exact) mass is 255 g/mol. The summed E-state index contributed by atoms with van der Waals surface area (Å²) in [5, 5.41) is 1.11. The van der Waals surface area contributed by atoms with E-state index in [2.05, 4.69) is 18.7 Å². The minimum atomic E-state index is 0.295. The van der Waals surface area contributed by atoms with Gasteiger partial charge in [0.15, 0.2) is 5.13 Å². The number of rotatable bonds is 4. The molecule has 17 heavy (non-hydrogen) atoms. The van der Waals surface area contributed by atoms with Crippen molar-refractivity contribution in [1.29, 1.82) is 0 Å².